The predicted molar refractivity (Wildman–Crippen MR) is 104 cm³/mol. The van der Waals surface area contributed by atoms with Gasteiger partial charge in [-0.15, -0.1) is 11.3 Å². The Balaban J connectivity index is 1.73. The highest BCUT2D eigenvalue weighted by molar-refractivity contribution is 7.14. The van der Waals surface area contributed by atoms with Crippen LogP contribution in [0.1, 0.15) is 12.5 Å². The average molecular weight is 383 g/mol. The number of amides is 1. The summed E-state index contributed by atoms with van der Waals surface area (Å²) >= 11 is 1.29. The van der Waals surface area contributed by atoms with E-state index in [1.54, 1.807) is 18.2 Å². The number of hydrogen-bond donors (Lipinski definition) is 1. The Kier molecular flexibility index (Phi) is 5.77. The van der Waals surface area contributed by atoms with Crippen molar-refractivity contribution in [2.75, 3.05) is 11.9 Å². The number of aromatic nitrogens is 1. The smallest absolute Gasteiger partial charge is 0.273 e. The molecule has 0 saturated carbocycles. The van der Waals surface area contributed by atoms with Crippen molar-refractivity contribution in [3.63, 3.8) is 0 Å². The van der Waals surface area contributed by atoms with Gasteiger partial charge in [0.1, 0.15) is 5.75 Å². The van der Waals surface area contributed by atoms with Gasteiger partial charge in [-0.2, -0.15) is 0 Å². The normalized spacial score (nSPS) is 10.4. The van der Waals surface area contributed by atoms with Crippen molar-refractivity contribution in [3.8, 4) is 17.0 Å². The topological polar surface area (TPSA) is 94.4 Å². The van der Waals surface area contributed by atoms with Gasteiger partial charge in [-0.25, -0.2) is 4.98 Å². The molecule has 0 aliphatic rings. The third-order valence-electron chi connectivity index (χ3n) is 3.75. The molecule has 27 heavy (non-hydrogen) atoms. The minimum atomic E-state index is -0.491. The molecule has 0 fully saturated rings. The SMILES string of the molecule is CCOc1ccccc1-c1csc(NC(=O)Cc2ccccc2[N+](=O)[O-])n1. The monoisotopic (exact) mass is 383 g/mol. The standard InChI is InChI=1S/C19H17N3O4S/c1-2-26-17-10-6-4-8-14(17)15-12-27-19(20-15)21-18(23)11-13-7-3-5-9-16(13)22(24)25/h3-10,12H,2,11H2,1H3,(H,20,21,23). The number of ether oxygens (including phenoxy) is 1. The molecular weight excluding hydrogens is 366 g/mol. The van der Waals surface area contributed by atoms with Crippen LogP contribution in [0.25, 0.3) is 11.3 Å². The molecule has 0 spiro atoms. The summed E-state index contributed by atoms with van der Waals surface area (Å²) < 4.78 is 5.61. The molecular formula is C19H17N3O4S. The first-order valence-corrected chi connectivity index (χ1v) is 9.16. The lowest BCUT2D eigenvalue weighted by Gasteiger charge is -2.07. The molecule has 0 bridgehead atoms. The first-order chi connectivity index (χ1) is 13.1. The minimum absolute atomic E-state index is 0.0712. The summed E-state index contributed by atoms with van der Waals surface area (Å²) in [5.74, 6) is 0.367. The van der Waals surface area contributed by atoms with E-state index in [2.05, 4.69) is 10.3 Å². The highest BCUT2D eigenvalue weighted by Gasteiger charge is 2.17. The lowest BCUT2D eigenvalue weighted by molar-refractivity contribution is -0.385. The number of hydrogen-bond acceptors (Lipinski definition) is 6. The Hall–Kier alpha value is -3.26. The van der Waals surface area contributed by atoms with Crippen LogP contribution in [-0.4, -0.2) is 22.4 Å². The Morgan fingerprint density at radius 2 is 1.96 bits per heavy atom. The van der Waals surface area contributed by atoms with Crippen LogP contribution in [0.15, 0.2) is 53.9 Å². The van der Waals surface area contributed by atoms with Crippen LogP contribution in [0.4, 0.5) is 10.8 Å². The van der Waals surface area contributed by atoms with Crippen LogP contribution in [0.5, 0.6) is 5.75 Å². The Labute approximate surface area is 159 Å². The highest BCUT2D eigenvalue weighted by atomic mass is 32.1. The second-order valence-corrected chi connectivity index (χ2v) is 6.44. The summed E-state index contributed by atoms with van der Waals surface area (Å²) in [5.41, 5.74) is 1.83. The number of nitro groups is 1. The van der Waals surface area contributed by atoms with Crippen LogP contribution in [-0.2, 0) is 11.2 Å². The van der Waals surface area contributed by atoms with Crippen LogP contribution in [0.3, 0.4) is 0 Å². The number of carbonyl (C=O) groups is 1. The molecule has 3 aromatic rings. The van der Waals surface area contributed by atoms with E-state index in [-0.39, 0.29) is 18.0 Å². The van der Waals surface area contributed by atoms with Gasteiger partial charge in [-0.3, -0.25) is 14.9 Å². The van der Waals surface area contributed by atoms with Gasteiger partial charge in [0.25, 0.3) is 5.69 Å². The van der Waals surface area contributed by atoms with Gasteiger partial charge >= 0.3 is 0 Å². The fraction of sp³-hybridized carbons (Fsp3) is 0.158. The van der Waals surface area contributed by atoms with Crippen LogP contribution in [0, 0.1) is 10.1 Å². The zero-order chi connectivity index (χ0) is 19.2. The maximum absolute atomic E-state index is 12.3. The number of para-hydroxylation sites is 2. The molecule has 1 aromatic heterocycles. The molecule has 0 aliphatic carbocycles. The van der Waals surface area contributed by atoms with Gasteiger partial charge < -0.3 is 10.1 Å². The quantitative estimate of drug-likeness (QED) is 0.485. The zero-order valence-corrected chi connectivity index (χ0v) is 15.4. The maximum atomic E-state index is 12.3. The fourth-order valence-electron chi connectivity index (χ4n) is 2.59. The number of nitrogens with one attached hydrogen (secondary N) is 1. The lowest BCUT2D eigenvalue weighted by Crippen LogP contribution is -2.15. The van der Waals surface area contributed by atoms with Crippen molar-refractivity contribution < 1.29 is 14.5 Å². The van der Waals surface area contributed by atoms with Gasteiger partial charge in [-0.05, 0) is 19.1 Å². The van der Waals surface area contributed by atoms with E-state index in [1.807, 2.05) is 36.6 Å². The van der Waals surface area contributed by atoms with Gasteiger partial charge in [0.15, 0.2) is 5.13 Å². The third-order valence-corrected chi connectivity index (χ3v) is 4.51. The maximum Gasteiger partial charge on any atom is 0.273 e. The predicted octanol–water partition coefficient (Wildman–Crippen LogP) is 4.30. The molecule has 8 heteroatoms. The fourth-order valence-corrected chi connectivity index (χ4v) is 3.32. The van der Waals surface area contributed by atoms with E-state index in [4.69, 9.17) is 4.74 Å². The highest BCUT2D eigenvalue weighted by Crippen LogP contribution is 2.32. The number of thiazole rings is 1. The van der Waals surface area contributed by atoms with Crippen molar-refractivity contribution in [3.05, 3.63) is 69.6 Å². The molecule has 2 aromatic carbocycles. The second kappa shape index (κ2) is 8.41. The van der Waals surface area contributed by atoms with Crippen LogP contribution < -0.4 is 10.1 Å². The molecule has 1 amide bonds. The molecule has 138 valence electrons. The molecule has 0 atom stereocenters. The number of carbonyl (C=O) groups excluding carboxylic acids is 1. The van der Waals surface area contributed by atoms with Gasteiger partial charge in [0.05, 0.1) is 23.6 Å². The summed E-state index contributed by atoms with van der Waals surface area (Å²) in [4.78, 5) is 27.3. The summed E-state index contributed by atoms with van der Waals surface area (Å²) in [5, 5.41) is 16.0. The van der Waals surface area contributed by atoms with E-state index in [1.165, 1.54) is 17.4 Å². The summed E-state index contributed by atoms with van der Waals surface area (Å²) in [6, 6.07) is 13.7. The molecule has 7 nitrogen and oxygen atoms in total. The van der Waals surface area contributed by atoms with E-state index in [0.717, 1.165) is 11.3 Å². The lowest BCUT2D eigenvalue weighted by atomic mass is 10.1. The molecule has 0 radical (unpaired) electrons. The van der Waals surface area contributed by atoms with Crippen molar-refractivity contribution in [1.29, 1.82) is 0 Å². The number of benzene rings is 2. The summed E-state index contributed by atoms with van der Waals surface area (Å²) in [7, 11) is 0. The second-order valence-electron chi connectivity index (χ2n) is 5.58. The zero-order valence-electron chi connectivity index (χ0n) is 14.5. The summed E-state index contributed by atoms with van der Waals surface area (Å²) in [6.45, 7) is 2.45. The van der Waals surface area contributed by atoms with Gasteiger partial charge in [-0.1, -0.05) is 30.3 Å². The van der Waals surface area contributed by atoms with Crippen molar-refractivity contribution in [2.45, 2.75) is 13.3 Å². The first kappa shape index (κ1) is 18.5. The number of nitro benzene ring substituents is 1. The molecule has 1 N–H and O–H groups in total. The van der Waals surface area contributed by atoms with Crippen LogP contribution in [0.2, 0.25) is 0 Å². The van der Waals surface area contributed by atoms with Crippen molar-refractivity contribution in [1.82, 2.24) is 4.98 Å². The van der Waals surface area contributed by atoms with Crippen molar-refractivity contribution in [2.24, 2.45) is 0 Å². The Morgan fingerprint density at radius 3 is 2.74 bits per heavy atom. The molecule has 0 saturated heterocycles. The van der Waals surface area contributed by atoms with E-state index < -0.39 is 4.92 Å². The first-order valence-electron chi connectivity index (χ1n) is 8.28. The Morgan fingerprint density at radius 1 is 1.22 bits per heavy atom. The molecule has 0 unspecified atom stereocenters. The minimum Gasteiger partial charge on any atom is -0.493 e. The Bertz CT molecular complexity index is 971. The van der Waals surface area contributed by atoms with E-state index in [9.17, 15) is 14.9 Å². The number of rotatable bonds is 7. The average Bonchev–Trinajstić information content (AvgIpc) is 3.11. The third kappa shape index (κ3) is 4.48. The van der Waals surface area contributed by atoms with E-state index >= 15 is 0 Å². The summed E-state index contributed by atoms with van der Waals surface area (Å²) in [6.07, 6.45) is -0.0956. The van der Waals surface area contributed by atoms with Crippen molar-refractivity contribution >= 4 is 28.1 Å². The molecule has 3 rings (SSSR count). The van der Waals surface area contributed by atoms with Gasteiger partial charge in [0.2, 0.25) is 5.91 Å². The largest absolute Gasteiger partial charge is 0.493 e. The number of anilines is 1. The van der Waals surface area contributed by atoms with E-state index in [0.29, 0.717) is 23.0 Å². The number of nitrogens with zero attached hydrogens (tertiary/aromatic N) is 2. The molecule has 1 heterocycles. The molecule has 0 aliphatic heterocycles. The van der Waals surface area contributed by atoms with Crippen LogP contribution >= 0.6 is 11.3 Å². The van der Waals surface area contributed by atoms with Gasteiger partial charge in [0, 0.05) is 22.6 Å².